The first-order chi connectivity index (χ1) is 10.8. The van der Waals surface area contributed by atoms with Crippen molar-refractivity contribution in [1.29, 1.82) is 0 Å². The Bertz CT molecular complexity index is 758. The van der Waals surface area contributed by atoms with E-state index >= 15 is 0 Å². The molecule has 0 amide bonds. The normalized spacial score (nSPS) is 10.8. The fourth-order valence-electron chi connectivity index (χ4n) is 2.12. The molecule has 3 rings (SSSR count). The predicted molar refractivity (Wildman–Crippen MR) is 83.6 cm³/mol. The van der Waals surface area contributed by atoms with Crippen LogP contribution in [0.2, 0.25) is 0 Å². The molecule has 7 heteroatoms. The van der Waals surface area contributed by atoms with Crippen molar-refractivity contribution in [2.45, 2.75) is 0 Å². The fourth-order valence-corrected chi connectivity index (χ4v) is 2.12. The summed E-state index contributed by atoms with van der Waals surface area (Å²) in [5.74, 6) is 2.07. The maximum atomic E-state index is 5.28. The van der Waals surface area contributed by atoms with Crippen LogP contribution in [0.3, 0.4) is 0 Å². The lowest BCUT2D eigenvalue weighted by Crippen LogP contribution is -2.11. The maximum absolute atomic E-state index is 5.28. The third-order valence-corrected chi connectivity index (χ3v) is 3.23. The largest absolute Gasteiger partial charge is 0.497 e. The van der Waals surface area contributed by atoms with Gasteiger partial charge in [0.05, 0.1) is 19.2 Å². The number of methoxy groups -OCH3 is 2. The number of nitrogens with zero attached hydrogens (tertiary/aromatic N) is 4. The zero-order chi connectivity index (χ0) is 15.4. The van der Waals surface area contributed by atoms with Crippen LogP contribution in [0.25, 0.3) is 16.9 Å². The van der Waals surface area contributed by atoms with E-state index < -0.39 is 0 Å². The molecule has 0 aliphatic carbocycles. The number of hydrogen-bond acceptors (Lipinski definition) is 6. The molecular formula is C15H17N5O2. The first-order valence-electron chi connectivity index (χ1n) is 6.89. The molecule has 1 N–H and O–H groups in total. The Balaban J connectivity index is 2.08. The Labute approximate surface area is 127 Å². The molecule has 0 saturated carbocycles. The van der Waals surface area contributed by atoms with E-state index in [4.69, 9.17) is 9.47 Å². The second kappa shape index (κ2) is 6.40. The number of imidazole rings is 1. The second-order valence-electron chi connectivity index (χ2n) is 4.64. The van der Waals surface area contributed by atoms with Gasteiger partial charge in [0.1, 0.15) is 17.9 Å². The highest BCUT2D eigenvalue weighted by Crippen LogP contribution is 2.25. The molecule has 1 aromatic carbocycles. The van der Waals surface area contributed by atoms with Crippen LogP contribution in [0.4, 0.5) is 5.82 Å². The molecule has 0 saturated heterocycles. The molecule has 0 aliphatic rings. The number of nitrogens with one attached hydrogen (secondary N) is 1. The van der Waals surface area contributed by atoms with Crippen LogP contribution in [0.1, 0.15) is 0 Å². The molecular weight excluding hydrogens is 282 g/mol. The molecule has 7 nitrogen and oxygen atoms in total. The quantitative estimate of drug-likeness (QED) is 0.701. The van der Waals surface area contributed by atoms with Gasteiger partial charge in [-0.1, -0.05) is 0 Å². The van der Waals surface area contributed by atoms with Gasteiger partial charge in [-0.2, -0.15) is 4.98 Å². The van der Waals surface area contributed by atoms with Crippen LogP contribution in [-0.2, 0) is 4.74 Å². The Morgan fingerprint density at radius 2 is 2.14 bits per heavy atom. The van der Waals surface area contributed by atoms with Crippen molar-refractivity contribution in [2.75, 3.05) is 32.7 Å². The monoisotopic (exact) mass is 299 g/mol. The molecule has 0 spiro atoms. The van der Waals surface area contributed by atoms with E-state index in [0.717, 1.165) is 22.5 Å². The predicted octanol–water partition coefficient (Wildman–Crippen LogP) is 1.88. The lowest BCUT2D eigenvalue weighted by molar-refractivity contribution is 0.210. The van der Waals surface area contributed by atoms with Crippen molar-refractivity contribution in [3.05, 3.63) is 36.9 Å². The minimum absolute atomic E-state index is 0.565. The van der Waals surface area contributed by atoms with E-state index in [0.29, 0.717) is 19.1 Å². The van der Waals surface area contributed by atoms with Crippen LogP contribution in [0.5, 0.6) is 5.75 Å². The number of hydrogen-bond donors (Lipinski definition) is 1. The van der Waals surface area contributed by atoms with Gasteiger partial charge in [-0.05, 0) is 18.2 Å². The summed E-state index contributed by atoms with van der Waals surface area (Å²) >= 11 is 0. The average molecular weight is 299 g/mol. The van der Waals surface area contributed by atoms with E-state index in [1.807, 2.05) is 24.4 Å². The maximum Gasteiger partial charge on any atom is 0.237 e. The number of fused-ring (bicyclic) bond motifs is 1. The summed E-state index contributed by atoms with van der Waals surface area (Å²) in [4.78, 5) is 13.2. The molecule has 2 heterocycles. The highest BCUT2D eigenvalue weighted by atomic mass is 16.5. The minimum atomic E-state index is 0.565. The van der Waals surface area contributed by atoms with Crippen molar-refractivity contribution >= 4 is 16.7 Å². The van der Waals surface area contributed by atoms with Crippen LogP contribution < -0.4 is 10.1 Å². The van der Waals surface area contributed by atoms with Crippen LogP contribution in [0.15, 0.2) is 36.9 Å². The number of ether oxygens (including phenoxy) is 2. The average Bonchev–Trinajstić information content (AvgIpc) is 3.09. The molecule has 0 bridgehead atoms. The van der Waals surface area contributed by atoms with Crippen molar-refractivity contribution in [1.82, 2.24) is 19.5 Å². The number of aromatic nitrogens is 4. The number of anilines is 1. The highest BCUT2D eigenvalue weighted by molar-refractivity contribution is 5.90. The van der Waals surface area contributed by atoms with Crippen LogP contribution in [-0.4, -0.2) is 46.9 Å². The SMILES string of the molecule is COCCNc1nc(-n2ccnc2)nc2ccc(OC)cc12. The third-order valence-electron chi connectivity index (χ3n) is 3.23. The zero-order valence-corrected chi connectivity index (χ0v) is 12.5. The molecule has 2 aromatic heterocycles. The summed E-state index contributed by atoms with van der Waals surface area (Å²) in [6, 6.07) is 5.71. The van der Waals surface area contributed by atoms with E-state index in [9.17, 15) is 0 Å². The van der Waals surface area contributed by atoms with Crippen molar-refractivity contribution in [2.24, 2.45) is 0 Å². The van der Waals surface area contributed by atoms with Gasteiger partial charge in [-0.3, -0.25) is 4.57 Å². The Morgan fingerprint density at radius 3 is 2.86 bits per heavy atom. The Kier molecular flexibility index (Phi) is 4.15. The van der Waals surface area contributed by atoms with E-state index in [2.05, 4.69) is 20.3 Å². The Morgan fingerprint density at radius 1 is 1.23 bits per heavy atom. The van der Waals surface area contributed by atoms with Gasteiger partial charge in [0.15, 0.2) is 0 Å². The van der Waals surface area contributed by atoms with Crippen molar-refractivity contribution < 1.29 is 9.47 Å². The molecule has 0 unspecified atom stereocenters. The van der Waals surface area contributed by atoms with Crippen LogP contribution >= 0.6 is 0 Å². The lowest BCUT2D eigenvalue weighted by atomic mass is 10.2. The van der Waals surface area contributed by atoms with Gasteiger partial charge in [0.25, 0.3) is 0 Å². The molecule has 3 aromatic rings. The molecule has 0 fully saturated rings. The summed E-state index contributed by atoms with van der Waals surface area (Å²) in [5.41, 5.74) is 0.833. The van der Waals surface area contributed by atoms with Gasteiger partial charge in [-0.25, -0.2) is 9.97 Å². The molecule has 22 heavy (non-hydrogen) atoms. The fraction of sp³-hybridized carbons (Fsp3) is 0.267. The summed E-state index contributed by atoms with van der Waals surface area (Å²) in [6.45, 7) is 1.25. The minimum Gasteiger partial charge on any atom is -0.497 e. The molecule has 0 radical (unpaired) electrons. The van der Waals surface area contributed by atoms with Crippen LogP contribution in [0, 0.1) is 0 Å². The smallest absolute Gasteiger partial charge is 0.237 e. The van der Waals surface area contributed by atoms with E-state index in [1.54, 1.807) is 31.3 Å². The van der Waals surface area contributed by atoms with Crippen molar-refractivity contribution in [3.8, 4) is 11.7 Å². The van der Waals surface area contributed by atoms with E-state index in [-0.39, 0.29) is 0 Å². The van der Waals surface area contributed by atoms with Gasteiger partial charge in [0, 0.05) is 31.4 Å². The Hall–Kier alpha value is -2.67. The third kappa shape index (κ3) is 2.84. The lowest BCUT2D eigenvalue weighted by Gasteiger charge is -2.11. The topological polar surface area (TPSA) is 74.1 Å². The summed E-state index contributed by atoms with van der Waals surface area (Å²) < 4.78 is 12.1. The molecule has 114 valence electrons. The molecule has 0 atom stereocenters. The summed E-state index contributed by atoms with van der Waals surface area (Å²) in [7, 11) is 3.31. The second-order valence-corrected chi connectivity index (χ2v) is 4.64. The van der Waals surface area contributed by atoms with E-state index in [1.165, 1.54) is 0 Å². The zero-order valence-electron chi connectivity index (χ0n) is 12.5. The summed E-state index contributed by atoms with van der Waals surface area (Å²) in [5, 5.41) is 4.18. The van der Waals surface area contributed by atoms with Gasteiger partial charge >= 0.3 is 0 Å². The summed E-state index contributed by atoms with van der Waals surface area (Å²) in [6.07, 6.45) is 5.17. The van der Waals surface area contributed by atoms with Gasteiger partial charge in [0.2, 0.25) is 5.95 Å². The number of rotatable bonds is 6. The first kappa shape index (κ1) is 14.3. The first-order valence-corrected chi connectivity index (χ1v) is 6.89. The molecule has 0 aliphatic heterocycles. The van der Waals surface area contributed by atoms with Crippen molar-refractivity contribution in [3.63, 3.8) is 0 Å². The number of benzene rings is 1. The highest BCUT2D eigenvalue weighted by Gasteiger charge is 2.10. The standard InChI is InChI=1S/C15H17N5O2/c1-21-8-6-17-14-12-9-11(22-2)3-4-13(12)18-15(19-14)20-7-5-16-10-20/h3-5,7,9-10H,6,8H2,1-2H3,(H,17,18,19). The van der Waals surface area contributed by atoms with Gasteiger partial charge in [-0.15, -0.1) is 0 Å². The van der Waals surface area contributed by atoms with Gasteiger partial charge < -0.3 is 14.8 Å².